The summed E-state index contributed by atoms with van der Waals surface area (Å²) in [7, 11) is 0. The van der Waals surface area contributed by atoms with E-state index < -0.39 is 5.97 Å². The second kappa shape index (κ2) is 10.1. The van der Waals surface area contributed by atoms with E-state index in [4.69, 9.17) is 4.74 Å². The fourth-order valence-electron chi connectivity index (χ4n) is 6.53. The maximum Gasteiger partial charge on any atom is 0.307 e. The Morgan fingerprint density at radius 2 is 1.69 bits per heavy atom. The van der Waals surface area contributed by atoms with Crippen LogP contribution in [0.4, 0.5) is 0 Å². The number of carbonyl (C=O) groups is 1. The number of hydrogen-bond acceptors (Lipinski definition) is 4. The SMILES string of the molecule is CC(C)(C)[C@H]1CC[C@H](Oc2ccc3cc(CN4CCN5CC(C(=O)O)CCC5C4)ccc3c2)CC1. The van der Waals surface area contributed by atoms with Gasteiger partial charge < -0.3 is 9.84 Å². The Hall–Kier alpha value is -2.11. The van der Waals surface area contributed by atoms with Crippen LogP contribution in [0.15, 0.2) is 36.4 Å². The summed E-state index contributed by atoms with van der Waals surface area (Å²) in [6, 6.07) is 13.9. The molecule has 3 aliphatic rings. The quantitative estimate of drug-likeness (QED) is 0.588. The molecule has 2 saturated heterocycles. The van der Waals surface area contributed by atoms with E-state index in [1.807, 2.05) is 0 Å². The summed E-state index contributed by atoms with van der Waals surface area (Å²) >= 11 is 0. The standard InChI is InChI=1S/C30H42N2O3/c1-30(2,3)25-8-12-27(13-9-25)35-28-11-7-22-16-21(4-5-23(22)17-28)18-31-14-15-32-19-24(29(33)34)6-10-26(32)20-31/h4-5,7,11,16-17,24-27H,6,8-10,12-15,18-20H2,1-3H3,(H,33,34)/t24?,25-,26?,27-. The number of aliphatic carboxylic acids is 1. The van der Waals surface area contributed by atoms with E-state index >= 15 is 0 Å². The van der Waals surface area contributed by atoms with Crippen molar-refractivity contribution in [2.45, 2.75) is 78.0 Å². The Bertz CT molecular complexity index is 1040. The third-order valence-corrected chi connectivity index (χ3v) is 8.83. The van der Waals surface area contributed by atoms with Gasteiger partial charge in [0.05, 0.1) is 12.0 Å². The number of nitrogens with zero attached hydrogens (tertiary/aromatic N) is 2. The van der Waals surface area contributed by atoms with Gasteiger partial charge in [-0.1, -0.05) is 39.0 Å². The van der Waals surface area contributed by atoms with Crippen molar-refractivity contribution >= 4 is 16.7 Å². The highest BCUT2D eigenvalue weighted by atomic mass is 16.5. The van der Waals surface area contributed by atoms with Crippen LogP contribution in [0.1, 0.15) is 64.9 Å². The predicted molar refractivity (Wildman–Crippen MR) is 141 cm³/mol. The minimum absolute atomic E-state index is 0.189. The number of hydrogen-bond donors (Lipinski definition) is 1. The summed E-state index contributed by atoms with van der Waals surface area (Å²) in [5.41, 5.74) is 1.75. The maximum absolute atomic E-state index is 11.4. The fraction of sp³-hybridized carbons (Fsp3) is 0.633. The summed E-state index contributed by atoms with van der Waals surface area (Å²) in [4.78, 5) is 16.3. The highest BCUT2D eigenvalue weighted by molar-refractivity contribution is 5.84. The van der Waals surface area contributed by atoms with Crippen molar-refractivity contribution < 1.29 is 14.6 Å². The van der Waals surface area contributed by atoms with E-state index in [1.54, 1.807) is 0 Å². The zero-order valence-electron chi connectivity index (χ0n) is 21.7. The molecule has 0 amide bonds. The van der Waals surface area contributed by atoms with Crippen molar-refractivity contribution in [1.82, 2.24) is 9.80 Å². The van der Waals surface area contributed by atoms with Crippen molar-refractivity contribution in [1.29, 1.82) is 0 Å². The van der Waals surface area contributed by atoms with Gasteiger partial charge in [0.2, 0.25) is 0 Å². The average molecular weight is 479 g/mol. The van der Waals surface area contributed by atoms with Gasteiger partial charge in [-0.15, -0.1) is 0 Å². The second-order valence-electron chi connectivity index (χ2n) is 12.3. The first kappa shape index (κ1) is 24.6. The van der Waals surface area contributed by atoms with E-state index in [0.717, 1.165) is 63.5 Å². The molecule has 0 bridgehead atoms. The number of fused-ring (bicyclic) bond motifs is 2. The van der Waals surface area contributed by atoms with Crippen LogP contribution >= 0.6 is 0 Å². The number of carboxylic acid groups (broad SMARTS) is 1. The van der Waals surface area contributed by atoms with Crippen LogP contribution in [-0.2, 0) is 11.3 Å². The van der Waals surface area contributed by atoms with E-state index in [2.05, 4.69) is 67.0 Å². The van der Waals surface area contributed by atoms with E-state index in [1.165, 1.54) is 29.2 Å². The predicted octanol–water partition coefficient (Wildman–Crippen LogP) is 5.80. The number of piperidine rings is 1. The molecule has 2 atom stereocenters. The molecule has 2 aromatic rings. The molecule has 2 aromatic carbocycles. The first-order valence-electron chi connectivity index (χ1n) is 13.6. The Morgan fingerprint density at radius 3 is 2.43 bits per heavy atom. The number of piperazine rings is 1. The highest BCUT2D eigenvalue weighted by Crippen LogP contribution is 2.39. The lowest BCUT2D eigenvalue weighted by atomic mass is 9.72. The van der Waals surface area contributed by atoms with Gasteiger partial charge >= 0.3 is 5.97 Å². The Morgan fingerprint density at radius 1 is 0.943 bits per heavy atom. The zero-order valence-corrected chi connectivity index (χ0v) is 21.7. The molecule has 1 aliphatic carbocycles. The molecule has 0 aromatic heterocycles. The first-order chi connectivity index (χ1) is 16.7. The molecule has 3 fully saturated rings. The largest absolute Gasteiger partial charge is 0.490 e. The van der Waals surface area contributed by atoms with Gasteiger partial charge in [0.15, 0.2) is 0 Å². The minimum atomic E-state index is -0.636. The van der Waals surface area contributed by atoms with Gasteiger partial charge in [0, 0.05) is 38.8 Å². The van der Waals surface area contributed by atoms with Gasteiger partial charge in [-0.25, -0.2) is 0 Å². The van der Waals surface area contributed by atoms with Crippen molar-refractivity contribution in [3.05, 3.63) is 42.0 Å². The molecular formula is C30H42N2O3. The average Bonchev–Trinajstić information content (AvgIpc) is 2.83. The van der Waals surface area contributed by atoms with Crippen LogP contribution in [0.2, 0.25) is 0 Å². The van der Waals surface area contributed by atoms with Crippen LogP contribution in [0.5, 0.6) is 5.75 Å². The lowest BCUT2D eigenvalue weighted by Crippen LogP contribution is -2.56. The molecule has 2 unspecified atom stereocenters. The second-order valence-corrected chi connectivity index (χ2v) is 12.3. The Kier molecular flexibility index (Phi) is 7.09. The molecule has 35 heavy (non-hydrogen) atoms. The molecule has 190 valence electrons. The molecule has 5 nitrogen and oxygen atoms in total. The number of rotatable bonds is 5. The molecule has 5 heteroatoms. The molecule has 5 rings (SSSR count). The summed E-state index contributed by atoms with van der Waals surface area (Å²) < 4.78 is 6.40. The van der Waals surface area contributed by atoms with Crippen molar-refractivity contribution in [2.75, 3.05) is 26.2 Å². The normalized spacial score (nSPS) is 28.5. The number of carboxylic acids is 1. The lowest BCUT2D eigenvalue weighted by Gasteiger charge is -2.45. The molecule has 1 N–H and O–H groups in total. The monoisotopic (exact) mass is 478 g/mol. The van der Waals surface area contributed by atoms with Gasteiger partial charge in [-0.05, 0) is 84.4 Å². The van der Waals surface area contributed by atoms with Gasteiger partial charge in [0.1, 0.15) is 5.75 Å². The Balaban J connectivity index is 1.16. The van der Waals surface area contributed by atoms with Gasteiger partial charge in [0.25, 0.3) is 0 Å². The van der Waals surface area contributed by atoms with Crippen LogP contribution in [0.3, 0.4) is 0 Å². The smallest absolute Gasteiger partial charge is 0.307 e. The molecule has 1 saturated carbocycles. The zero-order chi connectivity index (χ0) is 24.6. The third kappa shape index (κ3) is 5.83. The minimum Gasteiger partial charge on any atom is -0.490 e. The van der Waals surface area contributed by atoms with Crippen LogP contribution in [-0.4, -0.2) is 59.2 Å². The highest BCUT2D eigenvalue weighted by Gasteiger charge is 2.35. The molecule has 2 heterocycles. The maximum atomic E-state index is 11.4. The molecule has 0 radical (unpaired) electrons. The van der Waals surface area contributed by atoms with E-state index in [0.29, 0.717) is 24.1 Å². The molecule has 0 spiro atoms. The van der Waals surface area contributed by atoms with Crippen molar-refractivity contribution in [2.24, 2.45) is 17.3 Å². The fourth-order valence-corrected chi connectivity index (χ4v) is 6.53. The lowest BCUT2D eigenvalue weighted by molar-refractivity contribution is -0.144. The first-order valence-corrected chi connectivity index (χ1v) is 13.6. The Labute approximate surface area is 210 Å². The van der Waals surface area contributed by atoms with E-state index in [-0.39, 0.29) is 5.92 Å². The van der Waals surface area contributed by atoms with Gasteiger partial charge in [-0.2, -0.15) is 0 Å². The summed E-state index contributed by atoms with van der Waals surface area (Å²) in [6.07, 6.45) is 6.98. The van der Waals surface area contributed by atoms with Crippen LogP contribution in [0, 0.1) is 17.3 Å². The van der Waals surface area contributed by atoms with Crippen molar-refractivity contribution in [3.8, 4) is 5.75 Å². The topological polar surface area (TPSA) is 53.0 Å². The summed E-state index contributed by atoms with van der Waals surface area (Å²) in [6.45, 7) is 11.8. The summed E-state index contributed by atoms with van der Waals surface area (Å²) in [5.74, 6) is 0.979. The van der Waals surface area contributed by atoms with Crippen molar-refractivity contribution in [3.63, 3.8) is 0 Å². The molecule has 2 aliphatic heterocycles. The number of ether oxygens (including phenoxy) is 1. The van der Waals surface area contributed by atoms with Crippen LogP contribution < -0.4 is 4.74 Å². The third-order valence-electron chi connectivity index (χ3n) is 8.83. The van der Waals surface area contributed by atoms with Gasteiger partial charge in [-0.3, -0.25) is 14.6 Å². The number of benzene rings is 2. The van der Waals surface area contributed by atoms with Crippen LogP contribution in [0.25, 0.3) is 10.8 Å². The summed E-state index contributed by atoms with van der Waals surface area (Å²) in [5, 5.41) is 11.9. The van der Waals surface area contributed by atoms with E-state index in [9.17, 15) is 9.90 Å². The molecular weight excluding hydrogens is 436 g/mol.